The van der Waals surface area contributed by atoms with Crippen LogP contribution in [0, 0.1) is 18.8 Å². The minimum absolute atomic E-state index is 0.117. The Labute approximate surface area is 165 Å². The summed E-state index contributed by atoms with van der Waals surface area (Å²) in [5, 5.41) is 3.02. The van der Waals surface area contributed by atoms with Crippen molar-refractivity contribution in [2.24, 2.45) is 11.8 Å². The van der Waals surface area contributed by atoms with Crippen molar-refractivity contribution >= 4 is 17.7 Å². The third kappa shape index (κ3) is 3.96. The van der Waals surface area contributed by atoms with Crippen molar-refractivity contribution in [1.29, 1.82) is 0 Å². The highest BCUT2D eigenvalue weighted by Crippen LogP contribution is 2.35. The lowest BCUT2D eigenvalue weighted by atomic mass is 9.85. The zero-order chi connectivity index (χ0) is 20.3. The fourth-order valence-electron chi connectivity index (χ4n) is 4.11. The van der Waals surface area contributed by atoms with Crippen molar-refractivity contribution in [3.05, 3.63) is 41.5 Å². The number of nitrogens with one attached hydrogen (secondary N) is 1. The zero-order valence-corrected chi connectivity index (χ0v) is 16.7. The van der Waals surface area contributed by atoms with Gasteiger partial charge in [0.1, 0.15) is 5.75 Å². The number of hydrogen-bond acceptors (Lipinski definition) is 4. The summed E-state index contributed by atoms with van der Waals surface area (Å²) in [6, 6.07) is 5.75. The van der Waals surface area contributed by atoms with Gasteiger partial charge < -0.3 is 10.1 Å². The molecule has 1 aliphatic carbocycles. The van der Waals surface area contributed by atoms with Crippen LogP contribution in [0.15, 0.2) is 30.4 Å². The molecule has 2 aliphatic rings. The van der Waals surface area contributed by atoms with E-state index in [0.717, 1.165) is 23.3 Å². The van der Waals surface area contributed by atoms with Gasteiger partial charge in [-0.15, -0.1) is 0 Å². The number of nitrogens with zero attached hydrogens (tertiary/aromatic N) is 1. The van der Waals surface area contributed by atoms with Crippen molar-refractivity contribution in [2.45, 2.75) is 45.6 Å². The molecule has 1 N–H and O–H groups in total. The van der Waals surface area contributed by atoms with Crippen LogP contribution in [-0.2, 0) is 14.4 Å². The van der Waals surface area contributed by atoms with Gasteiger partial charge in [-0.05, 0) is 43.4 Å². The number of methoxy groups -OCH3 is 1. The lowest BCUT2D eigenvalue weighted by Crippen LogP contribution is -2.36. The van der Waals surface area contributed by atoms with Gasteiger partial charge >= 0.3 is 0 Å². The van der Waals surface area contributed by atoms with Crippen LogP contribution in [0.1, 0.15) is 49.8 Å². The Morgan fingerprint density at radius 2 is 1.86 bits per heavy atom. The minimum atomic E-state index is -0.244. The molecule has 3 rings (SSSR count). The predicted octanol–water partition coefficient (Wildman–Crippen LogP) is 2.91. The first-order valence-corrected chi connectivity index (χ1v) is 9.90. The molecule has 150 valence electrons. The van der Waals surface area contributed by atoms with Crippen molar-refractivity contribution in [3.8, 4) is 5.75 Å². The monoisotopic (exact) mass is 384 g/mol. The number of benzene rings is 1. The number of carbonyl (C=O) groups excluding carboxylic acids is 3. The number of ether oxygens (including phenoxy) is 1. The molecular formula is C22H28N2O4. The van der Waals surface area contributed by atoms with Crippen LogP contribution < -0.4 is 10.1 Å². The molecule has 1 heterocycles. The van der Waals surface area contributed by atoms with E-state index in [9.17, 15) is 14.4 Å². The van der Waals surface area contributed by atoms with E-state index in [1.807, 2.05) is 44.2 Å². The largest absolute Gasteiger partial charge is 0.496 e. The van der Waals surface area contributed by atoms with Crippen molar-refractivity contribution in [3.63, 3.8) is 0 Å². The molecule has 0 radical (unpaired) electrons. The van der Waals surface area contributed by atoms with Gasteiger partial charge in [0.2, 0.25) is 17.7 Å². The SMILES string of the molecule is CCC(NC(=O)CCN1C(=O)[C@H]2CC=CC[C@H]2C1=O)c1ccc(OC)c(C)c1. The predicted molar refractivity (Wildman–Crippen MR) is 106 cm³/mol. The van der Waals surface area contributed by atoms with Crippen molar-refractivity contribution in [2.75, 3.05) is 13.7 Å². The van der Waals surface area contributed by atoms with Crippen molar-refractivity contribution in [1.82, 2.24) is 10.2 Å². The number of carbonyl (C=O) groups is 3. The minimum Gasteiger partial charge on any atom is -0.496 e. The summed E-state index contributed by atoms with van der Waals surface area (Å²) in [6.45, 7) is 4.13. The molecule has 1 saturated heterocycles. The average molecular weight is 384 g/mol. The van der Waals surface area contributed by atoms with E-state index in [0.29, 0.717) is 12.8 Å². The van der Waals surface area contributed by atoms with Gasteiger partial charge in [-0.25, -0.2) is 0 Å². The molecule has 28 heavy (non-hydrogen) atoms. The topological polar surface area (TPSA) is 75.7 Å². The first-order chi connectivity index (χ1) is 13.5. The van der Waals surface area contributed by atoms with Gasteiger partial charge in [0.15, 0.2) is 0 Å². The van der Waals surface area contributed by atoms with Gasteiger partial charge in [0.05, 0.1) is 25.0 Å². The fraction of sp³-hybridized carbons (Fsp3) is 0.500. The number of imide groups is 1. The molecule has 0 spiro atoms. The normalized spacial score (nSPS) is 22.2. The summed E-state index contributed by atoms with van der Waals surface area (Å²) in [5.74, 6) is -0.103. The molecule has 1 aromatic rings. The number of likely N-dealkylation sites (tertiary alicyclic amines) is 1. The zero-order valence-electron chi connectivity index (χ0n) is 16.7. The van der Waals surface area contributed by atoms with Crippen LogP contribution in [-0.4, -0.2) is 36.3 Å². The summed E-state index contributed by atoms with van der Waals surface area (Å²) in [4.78, 5) is 38.7. The summed E-state index contributed by atoms with van der Waals surface area (Å²) in [5.41, 5.74) is 2.02. The number of rotatable bonds is 7. The molecule has 1 aliphatic heterocycles. The quantitative estimate of drug-likeness (QED) is 0.579. The summed E-state index contributed by atoms with van der Waals surface area (Å²) in [7, 11) is 1.63. The van der Waals surface area contributed by atoms with E-state index in [1.165, 1.54) is 4.90 Å². The maximum absolute atomic E-state index is 12.5. The number of amides is 3. The van der Waals surface area contributed by atoms with Gasteiger partial charge in [0.25, 0.3) is 0 Å². The maximum Gasteiger partial charge on any atom is 0.233 e. The van der Waals surface area contributed by atoms with Crippen LogP contribution >= 0.6 is 0 Å². The van der Waals surface area contributed by atoms with E-state index in [2.05, 4.69) is 5.32 Å². The molecule has 6 heteroatoms. The van der Waals surface area contributed by atoms with Crippen LogP contribution in [0.5, 0.6) is 5.75 Å². The third-order valence-electron chi connectivity index (χ3n) is 5.73. The Bertz CT molecular complexity index is 776. The molecule has 0 aromatic heterocycles. The second kappa shape index (κ2) is 8.59. The van der Waals surface area contributed by atoms with Crippen LogP contribution in [0.4, 0.5) is 0 Å². The molecule has 0 bridgehead atoms. The Hall–Kier alpha value is -2.63. The standard InChI is InChI=1S/C22H28N2O4/c1-4-18(15-9-10-19(28-3)14(2)13-15)23-20(25)11-12-24-21(26)16-7-5-6-8-17(16)22(24)27/h5-6,9-10,13,16-18H,4,7-8,11-12H2,1-3H3,(H,23,25)/t16-,17+,18?. The highest BCUT2D eigenvalue weighted by Gasteiger charge is 2.46. The fourth-order valence-corrected chi connectivity index (χ4v) is 4.11. The highest BCUT2D eigenvalue weighted by atomic mass is 16.5. The second-order valence-corrected chi connectivity index (χ2v) is 7.49. The van der Waals surface area contributed by atoms with Gasteiger partial charge in [-0.2, -0.15) is 0 Å². The molecule has 3 atom stereocenters. The molecule has 1 fully saturated rings. The summed E-state index contributed by atoms with van der Waals surface area (Å²) >= 11 is 0. The molecule has 6 nitrogen and oxygen atoms in total. The maximum atomic E-state index is 12.5. The van der Waals surface area contributed by atoms with Crippen LogP contribution in [0.2, 0.25) is 0 Å². The third-order valence-corrected chi connectivity index (χ3v) is 5.73. The van der Waals surface area contributed by atoms with E-state index < -0.39 is 0 Å². The Kier molecular flexibility index (Phi) is 6.17. The summed E-state index contributed by atoms with van der Waals surface area (Å²) in [6.07, 6.45) is 6.03. The lowest BCUT2D eigenvalue weighted by Gasteiger charge is -2.20. The van der Waals surface area contributed by atoms with Gasteiger partial charge in [0, 0.05) is 13.0 Å². The van der Waals surface area contributed by atoms with E-state index in [-0.39, 0.29) is 48.6 Å². The summed E-state index contributed by atoms with van der Waals surface area (Å²) < 4.78 is 5.29. The Morgan fingerprint density at radius 3 is 2.39 bits per heavy atom. The highest BCUT2D eigenvalue weighted by molar-refractivity contribution is 6.05. The Morgan fingerprint density at radius 1 is 1.21 bits per heavy atom. The molecule has 0 saturated carbocycles. The second-order valence-electron chi connectivity index (χ2n) is 7.49. The molecule has 1 unspecified atom stereocenters. The molecular weight excluding hydrogens is 356 g/mol. The van der Waals surface area contributed by atoms with Crippen LogP contribution in [0.3, 0.4) is 0 Å². The smallest absolute Gasteiger partial charge is 0.233 e. The van der Waals surface area contributed by atoms with E-state index >= 15 is 0 Å². The van der Waals surface area contributed by atoms with Crippen molar-refractivity contribution < 1.29 is 19.1 Å². The van der Waals surface area contributed by atoms with Gasteiger partial charge in [-0.1, -0.05) is 31.2 Å². The average Bonchev–Trinajstić information content (AvgIpc) is 2.95. The molecule has 3 amide bonds. The molecule has 1 aromatic carbocycles. The Balaban J connectivity index is 1.58. The number of hydrogen-bond donors (Lipinski definition) is 1. The first-order valence-electron chi connectivity index (χ1n) is 9.90. The van der Waals surface area contributed by atoms with E-state index in [1.54, 1.807) is 7.11 Å². The number of fused-ring (bicyclic) bond motifs is 1. The van der Waals surface area contributed by atoms with E-state index in [4.69, 9.17) is 4.74 Å². The van der Waals surface area contributed by atoms with Crippen LogP contribution in [0.25, 0.3) is 0 Å². The number of allylic oxidation sites excluding steroid dienone is 2. The first kappa shape index (κ1) is 20.1. The lowest BCUT2D eigenvalue weighted by molar-refractivity contribution is -0.140. The van der Waals surface area contributed by atoms with Gasteiger partial charge in [-0.3, -0.25) is 19.3 Å². The number of aryl methyl sites for hydroxylation is 1.